The van der Waals surface area contributed by atoms with Gasteiger partial charge in [0.2, 0.25) is 0 Å². The van der Waals surface area contributed by atoms with Crippen molar-refractivity contribution in [3.8, 4) is 0 Å². The van der Waals surface area contributed by atoms with Crippen LogP contribution < -0.4 is 21.5 Å². The maximum absolute atomic E-state index is 2.89. The zero-order valence-electron chi connectivity index (χ0n) is 8.83. The minimum absolute atomic E-state index is 0.319. The number of hydrogen-bond donors (Lipinski definition) is 0. The van der Waals surface area contributed by atoms with Crippen molar-refractivity contribution in [2.24, 2.45) is 0 Å². The summed E-state index contributed by atoms with van der Waals surface area (Å²) in [6.45, 7) is 14.8. The van der Waals surface area contributed by atoms with Gasteiger partial charge in [-0.15, -0.1) is 0 Å². The number of rotatable bonds is 3. The van der Waals surface area contributed by atoms with E-state index < -0.39 is 16.5 Å². The summed E-state index contributed by atoms with van der Waals surface area (Å²) in [4.78, 5) is 2.40. The summed E-state index contributed by atoms with van der Waals surface area (Å²) in [5.41, 5.74) is 0. The first-order chi connectivity index (χ1) is 4.69. The molecule has 0 rings (SSSR count). The third kappa shape index (κ3) is 4.05. The van der Waals surface area contributed by atoms with E-state index in [9.17, 15) is 0 Å². The van der Waals surface area contributed by atoms with Crippen LogP contribution in [0.1, 0.15) is 0 Å². The van der Waals surface area contributed by atoms with Crippen LogP contribution in [-0.2, 0) is 0 Å². The summed E-state index contributed by atoms with van der Waals surface area (Å²) in [5.74, 6) is 0. The van der Waals surface area contributed by atoms with Crippen LogP contribution in [0, 0.1) is 0 Å². The molecule has 0 heterocycles. The zero-order valence-corrected chi connectivity index (χ0v) is 13.0. The van der Waals surface area contributed by atoms with Crippen LogP contribution in [0.15, 0.2) is 0 Å². The molecule has 0 aliphatic heterocycles. The summed E-state index contributed by atoms with van der Waals surface area (Å²) in [5, 5.41) is 0. The van der Waals surface area contributed by atoms with Crippen molar-refractivity contribution in [1.29, 1.82) is 0 Å². The Morgan fingerprint density at radius 1 is 0.818 bits per heavy atom. The van der Waals surface area contributed by atoms with Gasteiger partial charge < -0.3 is 0 Å². The Bertz CT molecular complexity index is 111. The predicted molar refractivity (Wildman–Crippen MR) is 54.5 cm³/mol. The Balaban J connectivity index is 4.43. The van der Waals surface area contributed by atoms with E-state index >= 15 is 0 Å². The molecular formula is C7H21INSi2-. The van der Waals surface area contributed by atoms with Gasteiger partial charge in [-0.05, 0) is 0 Å². The van der Waals surface area contributed by atoms with Crippen molar-refractivity contribution >= 4 is 16.5 Å². The Labute approximate surface area is 84.4 Å². The van der Waals surface area contributed by atoms with Gasteiger partial charge in [-0.2, -0.15) is 0 Å². The normalized spacial score (nSPS) is 14.5. The van der Waals surface area contributed by atoms with E-state index in [0.29, 0.717) is 21.5 Å². The van der Waals surface area contributed by atoms with Gasteiger partial charge >= 0.3 is 84.6 Å². The van der Waals surface area contributed by atoms with Crippen molar-refractivity contribution in [3.63, 3.8) is 0 Å². The van der Waals surface area contributed by atoms with Crippen LogP contribution in [0.25, 0.3) is 0 Å². The van der Waals surface area contributed by atoms with E-state index in [1.165, 1.54) is 0 Å². The minimum atomic E-state index is -0.978. The van der Waals surface area contributed by atoms with Gasteiger partial charge in [0.1, 0.15) is 0 Å². The second-order valence-electron chi connectivity index (χ2n) is 4.79. The maximum atomic E-state index is 2.89. The first-order valence-corrected chi connectivity index (χ1v) is 14.0. The van der Waals surface area contributed by atoms with Gasteiger partial charge in [-0.1, -0.05) is 0 Å². The van der Waals surface area contributed by atoms with E-state index in [1.807, 2.05) is 0 Å². The van der Waals surface area contributed by atoms with Gasteiger partial charge in [-0.25, -0.2) is 0 Å². The molecule has 0 amide bonds. The number of hydrogen-bond acceptors (Lipinski definition) is 1. The fourth-order valence-corrected chi connectivity index (χ4v) is 19.3. The van der Waals surface area contributed by atoms with Gasteiger partial charge in [0.15, 0.2) is 0 Å². The molecule has 0 bridgehead atoms. The molecule has 0 aromatic carbocycles. The second-order valence-corrected chi connectivity index (χ2v) is 18.6. The van der Waals surface area contributed by atoms with Crippen LogP contribution in [-0.4, -0.2) is 23.8 Å². The van der Waals surface area contributed by atoms with Crippen molar-refractivity contribution in [3.05, 3.63) is 0 Å². The van der Waals surface area contributed by atoms with Crippen molar-refractivity contribution in [2.75, 3.05) is 4.93 Å². The second kappa shape index (κ2) is 3.89. The Morgan fingerprint density at radius 2 is 1.09 bits per heavy atom. The topological polar surface area (TPSA) is 3.24 Å². The van der Waals surface area contributed by atoms with Crippen LogP contribution in [0.3, 0.4) is 0 Å². The van der Waals surface area contributed by atoms with E-state index in [0.717, 1.165) is 0 Å². The van der Waals surface area contributed by atoms with E-state index in [4.69, 9.17) is 0 Å². The first kappa shape index (κ1) is 12.1. The van der Waals surface area contributed by atoms with Crippen LogP contribution >= 0.6 is 0 Å². The molecule has 0 atom stereocenters. The summed E-state index contributed by atoms with van der Waals surface area (Å²) in [7, 11) is -1.96. The van der Waals surface area contributed by atoms with Gasteiger partial charge in [-0.3, -0.25) is 0 Å². The molecule has 4 heteroatoms. The van der Waals surface area contributed by atoms with Gasteiger partial charge in [0.25, 0.3) is 0 Å². The molecular weight excluding hydrogens is 281 g/mol. The quantitative estimate of drug-likeness (QED) is 0.297. The van der Waals surface area contributed by atoms with Crippen LogP contribution in [0.2, 0.25) is 39.3 Å². The summed E-state index contributed by atoms with van der Waals surface area (Å²) in [6.07, 6.45) is 0. The third-order valence-electron chi connectivity index (χ3n) is 1.35. The standard InChI is InChI=1S/C7H21INSi2/c1-8-9(10(2,3)4)11(5,6)7/h1-7H3/q-1. The molecule has 0 spiro atoms. The molecule has 0 aromatic rings. The molecule has 0 unspecified atom stereocenters. The molecule has 0 aliphatic carbocycles. The first-order valence-electron chi connectivity index (χ1n) is 3.99. The average Bonchev–Trinajstić information content (AvgIpc) is 1.56. The van der Waals surface area contributed by atoms with Gasteiger partial charge in [0.05, 0.1) is 0 Å². The predicted octanol–water partition coefficient (Wildman–Crippen LogP) is -0.408. The number of alkyl halides is 1. The molecule has 0 fully saturated rings. The Morgan fingerprint density at radius 3 is 1.09 bits per heavy atom. The Kier molecular flexibility index (Phi) is 4.29. The van der Waals surface area contributed by atoms with Crippen molar-refractivity contribution in [2.45, 2.75) is 39.3 Å². The summed E-state index contributed by atoms with van der Waals surface area (Å²) in [6, 6.07) is 0. The molecule has 70 valence electrons. The van der Waals surface area contributed by atoms with E-state index in [2.05, 4.69) is 46.7 Å². The molecule has 0 radical (unpaired) electrons. The van der Waals surface area contributed by atoms with Gasteiger partial charge in [0, 0.05) is 0 Å². The Hall–Kier alpha value is 1.12. The molecule has 0 N–H and O–H groups in total. The number of halogens is 1. The van der Waals surface area contributed by atoms with E-state index in [-0.39, 0.29) is 0 Å². The molecule has 0 saturated carbocycles. The third-order valence-corrected chi connectivity index (χ3v) is 19.6. The molecule has 0 aliphatic rings. The SMILES string of the molecule is C[I-]N([Si](C)(C)C)[Si](C)(C)C. The van der Waals surface area contributed by atoms with Crippen LogP contribution in [0.5, 0.6) is 0 Å². The molecule has 0 saturated heterocycles. The fraction of sp³-hybridized carbons (Fsp3) is 1.00. The summed E-state index contributed by atoms with van der Waals surface area (Å²) < 4.78 is 2.89. The van der Waals surface area contributed by atoms with E-state index in [1.54, 1.807) is 0 Å². The van der Waals surface area contributed by atoms with Crippen molar-refractivity contribution in [1.82, 2.24) is 2.44 Å². The van der Waals surface area contributed by atoms with Crippen LogP contribution in [0.4, 0.5) is 0 Å². The monoisotopic (exact) mass is 302 g/mol. The average molecular weight is 302 g/mol. The van der Waals surface area contributed by atoms with Crippen molar-refractivity contribution < 1.29 is 21.5 Å². The zero-order chi connectivity index (χ0) is 9.28. The fourth-order valence-electron chi connectivity index (χ4n) is 1.51. The molecule has 0 aromatic heterocycles. The summed E-state index contributed by atoms with van der Waals surface area (Å²) >= 11 is 0.319. The molecule has 11 heavy (non-hydrogen) atoms. The molecule has 1 nitrogen and oxygen atoms in total. The number of nitrogens with zero attached hydrogens (tertiary/aromatic N) is 1.